The van der Waals surface area contributed by atoms with E-state index in [1.165, 1.54) is 0 Å². The molecule has 2 saturated heterocycles. The van der Waals surface area contributed by atoms with Gasteiger partial charge in [-0.1, -0.05) is 12.1 Å². The summed E-state index contributed by atoms with van der Waals surface area (Å²) in [6.07, 6.45) is 1.37. The smallest absolute Gasteiger partial charge is 0.228 e. The molecule has 1 atom stereocenters. The lowest BCUT2D eigenvalue weighted by Crippen LogP contribution is -2.45. The Kier molecular flexibility index (Phi) is 3.82. The van der Waals surface area contributed by atoms with Crippen LogP contribution in [-0.4, -0.2) is 43.0 Å². The third-order valence-corrected chi connectivity index (χ3v) is 4.10. The Morgan fingerprint density at radius 3 is 2.76 bits per heavy atom. The molecule has 0 aromatic heterocycles. The van der Waals surface area contributed by atoms with Gasteiger partial charge in [0.1, 0.15) is 5.75 Å². The summed E-state index contributed by atoms with van der Waals surface area (Å²) >= 11 is 0. The number of hydrogen-bond donors (Lipinski definition) is 0. The average molecular weight is 288 g/mol. The normalized spacial score (nSPS) is 21.4. The summed E-state index contributed by atoms with van der Waals surface area (Å²) in [4.78, 5) is 28.1. The van der Waals surface area contributed by atoms with E-state index in [-0.39, 0.29) is 17.7 Å². The third-order valence-electron chi connectivity index (χ3n) is 4.10. The Balaban J connectivity index is 1.77. The van der Waals surface area contributed by atoms with Crippen LogP contribution < -0.4 is 9.64 Å². The van der Waals surface area contributed by atoms with E-state index in [0.717, 1.165) is 25.2 Å². The van der Waals surface area contributed by atoms with Gasteiger partial charge in [-0.05, 0) is 25.5 Å². The van der Waals surface area contributed by atoms with Gasteiger partial charge in [0.05, 0.1) is 18.2 Å². The lowest BCUT2D eigenvalue weighted by atomic mass is 10.0. The number of carbonyl (C=O) groups is 2. The monoisotopic (exact) mass is 288 g/mol. The lowest BCUT2D eigenvalue weighted by molar-refractivity contribution is -0.139. The molecule has 0 aliphatic carbocycles. The molecule has 3 rings (SSSR count). The van der Waals surface area contributed by atoms with Crippen LogP contribution in [0.25, 0.3) is 0 Å². The van der Waals surface area contributed by atoms with Crippen LogP contribution >= 0.6 is 0 Å². The van der Waals surface area contributed by atoms with Crippen molar-refractivity contribution in [3.05, 3.63) is 24.3 Å². The van der Waals surface area contributed by atoms with Crippen LogP contribution in [0.3, 0.4) is 0 Å². The van der Waals surface area contributed by atoms with E-state index in [4.69, 9.17) is 4.74 Å². The molecular formula is C16H20N2O3. The van der Waals surface area contributed by atoms with E-state index in [2.05, 4.69) is 0 Å². The predicted molar refractivity (Wildman–Crippen MR) is 79.3 cm³/mol. The zero-order chi connectivity index (χ0) is 14.8. The third kappa shape index (κ3) is 2.60. The number of amides is 2. The number of anilines is 1. The number of hydrogen-bond acceptors (Lipinski definition) is 3. The van der Waals surface area contributed by atoms with Crippen molar-refractivity contribution in [2.24, 2.45) is 5.92 Å². The van der Waals surface area contributed by atoms with Gasteiger partial charge in [-0.2, -0.15) is 0 Å². The molecule has 2 aliphatic heterocycles. The fourth-order valence-electron chi connectivity index (χ4n) is 2.86. The summed E-state index contributed by atoms with van der Waals surface area (Å²) in [5.41, 5.74) is 0.767. The predicted octanol–water partition coefficient (Wildman–Crippen LogP) is 1.67. The van der Waals surface area contributed by atoms with E-state index in [0.29, 0.717) is 25.3 Å². The minimum absolute atomic E-state index is 0.000950. The number of nitrogens with zero attached hydrogens (tertiary/aromatic N) is 2. The summed E-state index contributed by atoms with van der Waals surface area (Å²) in [5, 5.41) is 0. The molecule has 1 unspecified atom stereocenters. The molecule has 2 aliphatic rings. The summed E-state index contributed by atoms with van der Waals surface area (Å²) in [5.74, 6) is 0.602. The highest BCUT2D eigenvalue weighted by Gasteiger charge is 2.39. The van der Waals surface area contributed by atoms with Crippen LogP contribution in [0.1, 0.15) is 19.8 Å². The number of ether oxygens (including phenoxy) is 1. The van der Waals surface area contributed by atoms with Gasteiger partial charge < -0.3 is 14.5 Å². The van der Waals surface area contributed by atoms with Crippen molar-refractivity contribution in [2.45, 2.75) is 19.8 Å². The SMILES string of the molecule is CCOc1ccccc1N1CC(C(=O)N2CCC2)CC1=O. The molecule has 2 amide bonds. The van der Waals surface area contributed by atoms with E-state index >= 15 is 0 Å². The molecule has 1 aromatic rings. The fraction of sp³-hybridized carbons (Fsp3) is 0.500. The molecule has 2 fully saturated rings. The first kappa shape index (κ1) is 13.9. The Hall–Kier alpha value is -2.04. The van der Waals surface area contributed by atoms with Gasteiger partial charge in [-0.25, -0.2) is 0 Å². The Bertz CT molecular complexity index is 554. The molecule has 21 heavy (non-hydrogen) atoms. The molecule has 0 saturated carbocycles. The van der Waals surface area contributed by atoms with Gasteiger partial charge in [-0.15, -0.1) is 0 Å². The van der Waals surface area contributed by atoms with E-state index in [1.807, 2.05) is 36.1 Å². The highest BCUT2D eigenvalue weighted by Crippen LogP contribution is 2.33. The second-order valence-electron chi connectivity index (χ2n) is 5.48. The molecule has 2 heterocycles. The van der Waals surface area contributed by atoms with Crippen molar-refractivity contribution in [3.63, 3.8) is 0 Å². The second kappa shape index (κ2) is 5.76. The van der Waals surface area contributed by atoms with Crippen molar-refractivity contribution in [1.29, 1.82) is 0 Å². The number of carbonyl (C=O) groups excluding carboxylic acids is 2. The first-order valence-electron chi connectivity index (χ1n) is 7.51. The minimum Gasteiger partial charge on any atom is -0.492 e. The Labute approximate surface area is 124 Å². The largest absolute Gasteiger partial charge is 0.492 e. The van der Waals surface area contributed by atoms with Gasteiger partial charge >= 0.3 is 0 Å². The summed E-state index contributed by atoms with van der Waals surface area (Å²) in [6, 6.07) is 7.50. The number of rotatable bonds is 4. The zero-order valence-corrected chi connectivity index (χ0v) is 12.2. The van der Waals surface area contributed by atoms with Crippen molar-refractivity contribution in [2.75, 3.05) is 31.1 Å². The van der Waals surface area contributed by atoms with Crippen LogP contribution in [-0.2, 0) is 9.59 Å². The van der Waals surface area contributed by atoms with Crippen LogP contribution in [0, 0.1) is 5.92 Å². The maximum atomic E-state index is 12.3. The lowest BCUT2D eigenvalue weighted by Gasteiger charge is -2.33. The molecule has 0 spiro atoms. The average Bonchev–Trinajstić information content (AvgIpc) is 2.80. The van der Waals surface area contributed by atoms with Gasteiger partial charge in [0.25, 0.3) is 0 Å². The van der Waals surface area contributed by atoms with Crippen molar-refractivity contribution in [3.8, 4) is 5.75 Å². The number of benzene rings is 1. The first-order chi connectivity index (χ1) is 10.2. The number of para-hydroxylation sites is 2. The van der Waals surface area contributed by atoms with Crippen molar-refractivity contribution < 1.29 is 14.3 Å². The molecule has 0 bridgehead atoms. The van der Waals surface area contributed by atoms with Crippen molar-refractivity contribution in [1.82, 2.24) is 4.90 Å². The van der Waals surface area contributed by atoms with E-state index < -0.39 is 0 Å². The van der Waals surface area contributed by atoms with Gasteiger partial charge in [0, 0.05) is 26.1 Å². The van der Waals surface area contributed by atoms with E-state index in [1.54, 1.807) is 4.90 Å². The summed E-state index contributed by atoms with van der Waals surface area (Å²) in [7, 11) is 0. The summed E-state index contributed by atoms with van der Waals surface area (Å²) < 4.78 is 5.58. The molecule has 1 aromatic carbocycles. The maximum absolute atomic E-state index is 12.3. The van der Waals surface area contributed by atoms with Crippen molar-refractivity contribution >= 4 is 17.5 Å². The molecule has 0 radical (unpaired) electrons. The summed E-state index contributed by atoms with van der Waals surface area (Å²) in [6.45, 7) is 4.59. The van der Waals surface area contributed by atoms with Crippen LogP contribution in [0.2, 0.25) is 0 Å². The quantitative estimate of drug-likeness (QED) is 0.847. The maximum Gasteiger partial charge on any atom is 0.228 e. The van der Waals surface area contributed by atoms with Gasteiger partial charge in [0.2, 0.25) is 11.8 Å². The minimum atomic E-state index is -0.215. The van der Waals surface area contributed by atoms with Crippen LogP contribution in [0.5, 0.6) is 5.75 Å². The van der Waals surface area contributed by atoms with Gasteiger partial charge in [0.15, 0.2) is 0 Å². The van der Waals surface area contributed by atoms with Crippen LogP contribution in [0.4, 0.5) is 5.69 Å². The topological polar surface area (TPSA) is 49.9 Å². The molecule has 0 N–H and O–H groups in total. The zero-order valence-electron chi connectivity index (χ0n) is 12.2. The molecular weight excluding hydrogens is 268 g/mol. The second-order valence-corrected chi connectivity index (χ2v) is 5.48. The highest BCUT2D eigenvalue weighted by molar-refractivity contribution is 6.01. The Morgan fingerprint density at radius 2 is 2.10 bits per heavy atom. The first-order valence-corrected chi connectivity index (χ1v) is 7.51. The van der Waals surface area contributed by atoms with E-state index in [9.17, 15) is 9.59 Å². The van der Waals surface area contributed by atoms with Gasteiger partial charge in [-0.3, -0.25) is 9.59 Å². The fourth-order valence-corrected chi connectivity index (χ4v) is 2.86. The van der Waals surface area contributed by atoms with Crippen LogP contribution in [0.15, 0.2) is 24.3 Å². The Morgan fingerprint density at radius 1 is 1.33 bits per heavy atom. The standard InChI is InChI=1S/C16H20N2O3/c1-2-21-14-7-4-3-6-13(14)18-11-12(10-15(18)19)16(20)17-8-5-9-17/h3-4,6-7,12H,2,5,8-11H2,1H3. The molecule has 5 heteroatoms. The molecule has 112 valence electrons. The highest BCUT2D eigenvalue weighted by atomic mass is 16.5. The number of likely N-dealkylation sites (tertiary alicyclic amines) is 1. The molecule has 5 nitrogen and oxygen atoms in total.